The van der Waals surface area contributed by atoms with Crippen LogP contribution in [0, 0.1) is 0 Å². The third-order valence-electron chi connectivity index (χ3n) is 3.90. The van der Waals surface area contributed by atoms with Crippen molar-refractivity contribution in [3.8, 4) is 17.2 Å². The smallest absolute Gasteiger partial charge is 0.336 e. The number of amides is 1. The third kappa shape index (κ3) is 4.58. The molecule has 0 saturated heterocycles. The fourth-order valence-corrected chi connectivity index (χ4v) is 2.52. The highest BCUT2D eigenvalue weighted by molar-refractivity contribution is 5.79. The minimum absolute atomic E-state index is 0.157. The summed E-state index contributed by atoms with van der Waals surface area (Å²) in [5.74, 6) is 1.38. The van der Waals surface area contributed by atoms with Gasteiger partial charge in [0, 0.05) is 24.1 Å². The van der Waals surface area contributed by atoms with Crippen LogP contribution in [0.3, 0.4) is 0 Å². The molecular formula is C20H19NO6. The maximum absolute atomic E-state index is 12.0. The minimum Gasteiger partial charge on any atom is -0.493 e. The number of nitrogens with one attached hydrogen (secondary N) is 1. The van der Waals surface area contributed by atoms with Crippen LogP contribution in [0.5, 0.6) is 17.2 Å². The molecule has 0 unspecified atom stereocenters. The first-order valence-electron chi connectivity index (χ1n) is 8.23. The maximum Gasteiger partial charge on any atom is 0.336 e. The van der Waals surface area contributed by atoms with E-state index in [1.54, 1.807) is 50.6 Å². The maximum atomic E-state index is 12.0. The Morgan fingerprint density at radius 3 is 2.56 bits per heavy atom. The van der Waals surface area contributed by atoms with E-state index in [1.807, 2.05) is 6.07 Å². The molecule has 27 heavy (non-hydrogen) atoms. The van der Waals surface area contributed by atoms with Crippen LogP contribution in [0.4, 0.5) is 0 Å². The quantitative estimate of drug-likeness (QED) is 0.644. The average molecular weight is 369 g/mol. The van der Waals surface area contributed by atoms with Crippen LogP contribution < -0.4 is 25.2 Å². The van der Waals surface area contributed by atoms with E-state index < -0.39 is 5.63 Å². The van der Waals surface area contributed by atoms with Crippen molar-refractivity contribution >= 4 is 16.9 Å². The van der Waals surface area contributed by atoms with Crippen LogP contribution in [-0.4, -0.2) is 26.7 Å². The third-order valence-corrected chi connectivity index (χ3v) is 3.90. The molecule has 0 fully saturated rings. The molecule has 140 valence electrons. The van der Waals surface area contributed by atoms with Crippen molar-refractivity contribution in [3.05, 3.63) is 64.5 Å². The van der Waals surface area contributed by atoms with Gasteiger partial charge in [-0.15, -0.1) is 0 Å². The number of carbonyl (C=O) groups excluding carboxylic acids is 1. The lowest BCUT2D eigenvalue weighted by Gasteiger charge is -2.11. The minimum atomic E-state index is -0.438. The summed E-state index contributed by atoms with van der Waals surface area (Å²) >= 11 is 0. The molecule has 0 saturated carbocycles. The zero-order valence-corrected chi connectivity index (χ0v) is 15.0. The van der Waals surface area contributed by atoms with Gasteiger partial charge in [-0.25, -0.2) is 4.79 Å². The number of methoxy groups -OCH3 is 2. The number of hydrogen-bond donors (Lipinski definition) is 1. The van der Waals surface area contributed by atoms with Crippen LogP contribution >= 0.6 is 0 Å². The summed E-state index contributed by atoms with van der Waals surface area (Å²) in [6, 6.07) is 13.5. The average Bonchev–Trinajstić information content (AvgIpc) is 2.70. The molecule has 7 nitrogen and oxygen atoms in total. The van der Waals surface area contributed by atoms with Gasteiger partial charge >= 0.3 is 5.63 Å². The van der Waals surface area contributed by atoms with Gasteiger partial charge in [0.05, 0.1) is 14.2 Å². The molecule has 1 heterocycles. The lowest BCUT2D eigenvalue weighted by Crippen LogP contribution is -2.28. The summed E-state index contributed by atoms with van der Waals surface area (Å²) in [6.45, 7) is 0.172. The van der Waals surface area contributed by atoms with E-state index in [4.69, 9.17) is 18.6 Å². The van der Waals surface area contributed by atoms with Crippen molar-refractivity contribution in [1.82, 2.24) is 5.32 Å². The van der Waals surface area contributed by atoms with Gasteiger partial charge in [-0.3, -0.25) is 4.79 Å². The molecule has 2 aromatic carbocycles. The number of ether oxygens (including phenoxy) is 3. The standard InChI is InChI=1S/C20H19NO6/c1-24-16-7-3-13(9-18(16)25-2)11-21-19(22)12-26-15-6-4-14-5-8-20(23)27-17(14)10-15/h3-10H,11-12H2,1-2H3,(H,21,22). The van der Waals surface area contributed by atoms with Crippen LogP contribution in [0.25, 0.3) is 11.0 Å². The fourth-order valence-electron chi connectivity index (χ4n) is 2.52. The summed E-state index contributed by atoms with van der Waals surface area (Å²) in [5, 5.41) is 3.55. The summed E-state index contributed by atoms with van der Waals surface area (Å²) in [7, 11) is 3.12. The first kappa shape index (κ1) is 18.3. The molecule has 1 aromatic heterocycles. The second-order valence-corrected chi connectivity index (χ2v) is 5.71. The molecule has 0 radical (unpaired) electrons. The Labute approximate surface area is 155 Å². The number of rotatable bonds is 7. The van der Waals surface area contributed by atoms with Gasteiger partial charge < -0.3 is 23.9 Å². The first-order valence-corrected chi connectivity index (χ1v) is 8.23. The van der Waals surface area contributed by atoms with E-state index in [0.29, 0.717) is 29.4 Å². The van der Waals surface area contributed by atoms with Gasteiger partial charge in [-0.05, 0) is 35.9 Å². The molecule has 0 spiro atoms. The molecule has 0 atom stereocenters. The number of benzene rings is 2. The van der Waals surface area contributed by atoms with Crippen LogP contribution in [0.2, 0.25) is 0 Å². The molecule has 1 amide bonds. The number of carbonyl (C=O) groups is 1. The summed E-state index contributed by atoms with van der Waals surface area (Å²) in [5.41, 5.74) is 0.839. The highest BCUT2D eigenvalue weighted by atomic mass is 16.5. The molecule has 7 heteroatoms. The monoisotopic (exact) mass is 369 g/mol. The summed E-state index contributed by atoms with van der Waals surface area (Å²) < 4.78 is 21.0. The molecule has 3 rings (SSSR count). The lowest BCUT2D eigenvalue weighted by atomic mass is 10.2. The van der Waals surface area contributed by atoms with E-state index >= 15 is 0 Å². The van der Waals surface area contributed by atoms with Gasteiger partial charge in [0.2, 0.25) is 0 Å². The highest BCUT2D eigenvalue weighted by Crippen LogP contribution is 2.27. The second kappa shape index (κ2) is 8.27. The van der Waals surface area contributed by atoms with Crippen molar-refractivity contribution in [3.63, 3.8) is 0 Å². The Bertz CT molecular complexity index is 1010. The zero-order chi connectivity index (χ0) is 19.2. The Morgan fingerprint density at radius 2 is 1.78 bits per heavy atom. The van der Waals surface area contributed by atoms with E-state index in [9.17, 15) is 9.59 Å². The van der Waals surface area contributed by atoms with Gasteiger partial charge in [-0.2, -0.15) is 0 Å². The van der Waals surface area contributed by atoms with Crippen molar-refractivity contribution in [2.45, 2.75) is 6.54 Å². The molecule has 0 aliphatic rings. The first-order chi connectivity index (χ1) is 13.1. The predicted octanol–water partition coefficient (Wildman–Crippen LogP) is 2.51. The van der Waals surface area contributed by atoms with E-state index in [0.717, 1.165) is 10.9 Å². The second-order valence-electron chi connectivity index (χ2n) is 5.71. The van der Waals surface area contributed by atoms with Crippen LogP contribution in [0.1, 0.15) is 5.56 Å². The van der Waals surface area contributed by atoms with Gasteiger partial charge in [0.25, 0.3) is 5.91 Å². The SMILES string of the molecule is COc1ccc(CNC(=O)COc2ccc3ccc(=O)oc3c2)cc1OC. The van der Waals surface area contributed by atoms with Crippen molar-refractivity contribution in [2.24, 2.45) is 0 Å². The van der Waals surface area contributed by atoms with Gasteiger partial charge in [0.15, 0.2) is 18.1 Å². The zero-order valence-electron chi connectivity index (χ0n) is 15.0. The van der Waals surface area contributed by atoms with E-state index in [1.165, 1.54) is 6.07 Å². The van der Waals surface area contributed by atoms with Crippen LogP contribution in [0.15, 0.2) is 57.7 Å². The number of hydrogen-bond acceptors (Lipinski definition) is 6. The van der Waals surface area contributed by atoms with Crippen molar-refractivity contribution < 1.29 is 23.4 Å². The molecule has 0 aliphatic heterocycles. The largest absolute Gasteiger partial charge is 0.493 e. The van der Waals surface area contributed by atoms with Crippen molar-refractivity contribution in [1.29, 1.82) is 0 Å². The Morgan fingerprint density at radius 1 is 1.00 bits per heavy atom. The molecule has 0 aliphatic carbocycles. The van der Waals surface area contributed by atoms with E-state index in [2.05, 4.69) is 5.32 Å². The van der Waals surface area contributed by atoms with Gasteiger partial charge in [0.1, 0.15) is 11.3 Å². The molecular weight excluding hydrogens is 350 g/mol. The summed E-state index contributed by atoms with van der Waals surface area (Å²) in [4.78, 5) is 23.3. The fraction of sp³-hybridized carbons (Fsp3) is 0.200. The predicted molar refractivity (Wildman–Crippen MR) is 99.4 cm³/mol. The number of fused-ring (bicyclic) bond motifs is 1. The molecule has 0 bridgehead atoms. The van der Waals surface area contributed by atoms with Gasteiger partial charge in [-0.1, -0.05) is 6.07 Å². The van der Waals surface area contributed by atoms with E-state index in [-0.39, 0.29) is 12.5 Å². The normalized spacial score (nSPS) is 10.4. The Balaban J connectivity index is 1.56. The lowest BCUT2D eigenvalue weighted by molar-refractivity contribution is -0.123. The Kier molecular flexibility index (Phi) is 5.61. The molecule has 1 N–H and O–H groups in total. The van der Waals surface area contributed by atoms with Crippen LogP contribution in [-0.2, 0) is 11.3 Å². The molecule has 3 aromatic rings. The topological polar surface area (TPSA) is 87.0 Å². The Hall–Kier alpha value is -3.48. The summed E-state index contributed by atoms with van der Waals surface area (Å²) in [6.07, 6.45) is 0. The highest BCUT2D eigenvalue weighted by Gasteiger charge is 2.07. The van der Waals surface area contributed by atoms with Crippen molar-refractivity contribution in [2.75, 3.05) is 20.8 Å².